The lowest BCUT2D eigenvalue weighted by Gasteiger charge is -2.29. The molecule has 2 atom stereocenters. The van der Waals surface area contributed by atoms with Gasteiger partial charge in [-0.3, -0.25) is 4.98 Å². The predicted molar refractivity (Wildman–Crippen MR) is 91.3 cm³/mol. The highest BCUT2D eigenvalue weighted by Gasteiger charge is 2.31. The summed E-state index contributed by atoms with van der Waals surface area (Å²) in [4.78, 5) is 4.03. The molecule has 1 aromatic carbocycles. The number of rotatable bonds is 3. The van der Waals surface area contributed by atoms with Crippen LogP contribution in [0.25, 0.3) is 10.9 Å². The van der Waals surface area contributed by atoms with Gasteiger partial charge in [0.05, 0.1) is 16.3 Å². The van der Waals surface area contributed by atoms with Crippen molar-refractivity contribution in [3.8, 4) is 0 Å². The third-order valence-electron chi connectivity index (χ3n) is 4.66. The molecule has 1 aromatic heterocycles. The molecule has 0 amide bonds. The van der Waals surface area contributed by atoms with E-state index in [2.05, 4.69) is 10.3 Å². The second kappa shape index (κ2) is 6.48. The average molecular weight is 372 g/mol. The molecule has 2 unspecified atom stereocenters. The SMILES string of the molecule is CS(=O)(=O)C1CCCC(Nc2ccnc3cc(C(F)(F)F)ccc23)C1. The Bertz CT molecular complexity index is 881. The summed E-state index contributed by atoms with van der Waals surface area (Å²) >= 11 is 0. The number of alkyl halides is 3. The average Bonchev–Trinajstić information content (AvgIpc) is 2.53. The summed E-state index contributed by atoms with van der Waals surface area (Å²) in [5.41, 5.74) is 0.202. The highest BCUT2D eigenvalue weighted by atomic mass is 32.2. The molecular formula is C17H19F3N2O2S. The van der Waals surface area contributed by atoms with Crippen molar-refractivity contribution in [1.82, 2.24) is 4.98 Å². The monoisotopic (exact) mass is 372 g/mol. The fraction of sp³-hybridized carbons (Fsp3) is 0.471. The van der Waals surface area contributed by atoms with Gasteiger partial charge in [-0.15, -0.1) is 0 Å². The van der Waals surface area contributed by atoms with Crippen LogP contribution in [0, 0.1) is 0 Å². The van der Waals surface area contributed by atoms with Crippen LogP contribution in [0.15, 0.2) is 30.5 Å². The molecule has 2 aromatic rings. The van der Waals surface area contributed by atoms with E-state index in [4.69, 9.17) is 0 Å². The van der Waals surface area contributed by atoms with Gasteiger partial charge in [0.15, 0.2) is 0 Å². The molecule has 0 radical (unpaired) electrons. The number of aromatic nitrogens is 1. The van der Waals surface area contributed by atoms with E-state index in [0.717, 1.165) is 25.0 Å². The summed E-state index contributed by atoms with van der Waals surface area (Å²) < 4.78 is 62.1. The van der Waals surface area contributed by atoms with E-state index < -0.39 is 21.6 Å². The zero-order valence-corrected chi connectivity index (χ0v) is 14.5. The lowest BCUT2D eigenvalue weighted by molar-refractivity contribution is -0.137. The number of pyridine rings is 1. The third-order valence-corrected chi connectivity index (χ3v) is 6.30. The minimum Gasteiger partial charge on any atom is -0.382 e. The molecule has 1 saturated carbocycles. The zero-order chi connectivity index (χ0) is 18.2. The topological polar surface area (TPSA) is 59.1 Å². The molecule has 3 rings (SSSR count). The van der Waals surface area contributed by atoms with E-state index in [9.17, 15) is 21.6 Å². The minimum absolute atomic E-state index is 0.0265. The number of halogens is 3. The highest BCUT2D eigenvalue weighted by molar-refractivity contribution is 7.91. The summed E-state index contributed by atoms with van der Waals surface area (Å²) in [6, 6.07) is 5.15. The zero-order valence-electron chi connectivity index (χ0n) is 13.7. The first kappa shape index (κ1) is 18.0. The molecule has 25 heavy (non-hydrogen) atoms. The molecule has 4 nitrogen and oxygen atoms in total. The van der Waals surface area contributed by atoms with E-state index >= 15 is 0 Å². The molecule has 0 aliphatic heterocycles. The Morgan fingerprint density at radius 3 is 2.64 bits per heavy atom. The van der Waals surface area contributed by atoms with Crippen molar-refractivity contribution in [1.29, 1.82) is 0 Å². The van der Waals surface area contributed by atoms with Crippen LogP contribution >= 0.6 is 0 Å². The standard InChI is InChI=1S/C17H19F3N2O2S/c1-25(23,24)13-4-2-3-12(10-13)22-15-7-8-21-16-9-11(17(18,19)20)5-6-14(15)16/h5-9,12-13H,2-4,10H2,1H3,(H,21,22). The van der Waals surface area contributed by atoms with Gasteiger partial charge >= 0.3 is 6.18 Å². The summed E-state index contributed by atoms with van der Waals surface area (Å²) in [6.45, 7) is 0. The molecule has 0 spiro atoms. The Kier molecular flexibility index (Phi) is 4.66. The molecule has 8 heteroatoms. The number of benzene rings is 1. The maximum absolute atomic E-state index is 12.8. The van der Waals surface area contributed by atoms with Gasteiger partial charge in [0.2, 0.25) is 0 Å². The van der Waals surface area contributed by atoms with E-state index in [1.807, 2.05) is 0 Å². The van der Waals surface area contributed by atoms with Crippen LogP contribution in [0.1, 0.15) is 31.2 Å². The van der Waals surface area contributed by atoms with Crippen LogP contribution in [-0.4, -0.2) is 30.9 Å². The van der Waals surface area contributed by atoms with Gasteiger partial charge in [-0.1, -0.05) is 12.5 Å². The van der Waals surface area contributed by atoms with Crippen molar-refractivity contribution in [3.05, 3.63) is 36.0 Å². The first-order valence-electron chi connectivity index (χ1n) is 8.06. The Hall–Kier alpha value is -1.83. The molecule has 136 valence electrons. The van der Waals surface area contributed by atoms with Crippen molar-refractivity contribution in [2.45, 2.75) is 43.2 Å². The van der Waals surface area contributed by atoms with E-state index in [0.29, 0.717) is 23.9 Å². The van der Waals surface area contributed by atoms with Crippen molar-refractivity contribution in [3.63, 3.8) is 0 Å². The second-order valence-corrected chi connectivity index (χ2v) is 8.87. The fourth-order valence-electron chi connectivity index (χ4n) is 3.34. The number of anilines is 1. The van der Waals surface area contributed by atoms with Gasteiger partial charge in [-0.05, 0) is 37.5 Å². The number of sulfone groups is 1. The van der Waals surface area contributed by atoms with Gasteiger partial charge in [0.1, 0.15) is 9.84 Å². The van der Waals surface area contributed by atoms with Crippen molar-refractivity contribution < 1.29 is 21.6 Å². The number of fused-ring (bicyclic) bond motifs is 1. The van der Waals surface area contributed by atoms with Crippen LogP contribution in [0.5, 0.6) is 0 Å². The highest BCUT2D eigenvalue weighted by Crippen LogP contribution is 2.33. The van der Waals surface area contributed by atoms with E-state index in [1.54, 1.807) is 6.07 Å². The summed E-state index contributed by atoms with van der Waals surface area (Å²) in [5, 5.41) is 3.52. The Morgan fingerprint density at radius 2 is 1.96 bits per heavy atom. The van der Waals surface area contributed by atoms with Gasteiger partial charge in [0, 0.05) is 29.6 Å². The number of nitrogens with zero attached hydrogens (tertiary/aromatic N) is 1. The predicted octanol–water partition coefficient (Wildman–Crippen LogP) is 4.02. The van der Waals surface area contributed by atoms with E-state index in [-0.39, 0.29) is 16.8 Å². The maximum Gasteiger partial charge on any atom is 0.416 e. The van der Waals surface area contributed by atoms with Gasteiger partial charge < -0.3 is 5.32 Å². The van der Waals surface area contributed by atoms with E-state index in [1.165, 1.54) is 18.5 Å². The summed E-state index contributed by atoms with van der Waals surface area (Å²) in [5.74, 6) is 0. The van der Waals surface area contributed by atoms with Crippen molar-refractivity contribution >= 4 is 26.4 Å². The third kappa shape index (κ3) is 4.05. The first-order chi connectivity index (χ1) is 11.6. The first-order valence-corrected chi connectivity index (χ1v) is 10.0. The molecule has 1 N–H and O–H groups in total. The molecule has 1 heterocycles. The molecule has 1 aliphatic carbocycles. The Balaban J connectivity index is 1.87. The Morgan fingerprint density at radius 1 is 1.20 bits per heavy atom. The normalized spacial score (nSPS) is 22.1. The van der Waals surface area contributed by atoms with Crippen LogP contribution in [-0.2, 0) is 16.0 Å². The van der Waals surface area contributed by atoms with Crippen LogP contribution in [0.2, 0.25) is 0 Å². The van der Waals surface area contributed by atoms with Crippen LogP contribution in [0.3, 0.4) is 0 Å². The maximum atomic E-state index is 12.8. The summed E-state index contributed by atoms with van der Waals surface area (Å²) in [6.07, 6.45) is 1.09. The second-order valence-electron chi connectivity index (χ2n) is 6.55. The molecular weight excluding hydrogens is 353 g/mol. The molecule has 0 saturated heterocycles. The smallest absolute Gasteiger partial charge is 0.382 e. The molecule has 1 fully saturated rings. The largest absolute Gasteiger partial charge is 0.416 e. The lowest BCUT2D eigenvalue weighted by atomic mass is 9.94. The van der Waals surface area contributed by atoms with Gasteiger partial charge in [-0.25, -0.2) is 8.42 Å². The number of hydrogen-bond acceptors (Lipinski definition) is 4. The van der Waals surface area contributed by atoms with Crippen molar-refractivity contribution in [2.75, 3.05) is 11.6 Å². The van der Waals surface area contributed by atoms with Gasteiger partial charge in [0.25, 0.3) is 0 Å². The molecule has 0 bridgehead atoms. The van der Waals surface area contributed by atoms with Crippen LogP contribution in [0.4, 0.5) is 18.9 Å². The number of hydrogen-bond donors (Lipinski definition) is 1. The fourth-order valence-corrected chi connectivity index (χ4v) is 4.51. The van der Waals surface area contributed by atoms with Crippen LogP contribution < -0.4 is 5.32 Å². The molecule has 1 aliphatic rings. The quantitative estimate of drug-likeness (QED) is 0.884. The summed E-state index contributed by atoms with van der Waals surface area (Å²) in [7, 11) is -3.09. The number of nitrogens with one attached hydrogen (secondary N) is 1. The lowest BCUT2D eigenvalue weighted by Crippen LogP contribution is -2.34. The van der Waals surface area contributed by atoms with Crippen molar-refractivity contribution in [2.24, 2.45) is 0 Å². The minimum atomic E-state index is -4.41. The van der Waals surface area contributed by atoms with Gasteiger partial charge in [-0.2, -0.15) is 13.2 Å². The Labute approximate surface area is 144 Å².